The number of rotatable bonds is 2. The van der Waals surface area contributed by atoms with Crippen LogP contribution in [0.5, 0.6) is 5.75 Å². The van der Waals surface area contributed by atoms with Crippen LogP contribution in [0, 0.1) is 0 Å². The van der Waals surface area contributed by atoms with Crippen molar-refractivity contribution in [2.75, 3.05) is 25.1 Å². The fourth-order valence-corrected chi connectivity index (χ4v) is 1.72. The number of H-pyrrole nitrogens is 1. The third kappa shape index (κ3) is 1.80. The third-order valence-electron chi connectivity index (χ3n) is 2.46. The summed E-state index contributed by atoms with van der Waals surface area (Å²) in [5.41, 5.74) is -0.302. The molecule has 0 spiro atoms. The Hall–Kier alpha value is -1.56. The first-order valence-electron chi connectivity index (χ1n) is 4.77. The first-order valence-corrected chi connectivity index (χ1v) is 4.77. The molecule has 0 aliphatic carbocycles. The lowest BCUT2D eigenvalue weighted by Gasteiger charge is -2.17. The van der Waals surface area contributed by atoms with Crippen LogP contribution in [0.4, 0.5) is 5.82 Å². The predicted molar refractivity (Wildman–Crippen MR) is 54.2 cm³/mol. The van der Waals surface area contributed by atoms with E-state index in [-0.39, 0.29) is 17.4 Å². The van der Waals surface area contributed by atoms with Gasteiger partial charge in [-0.3, -0.25) is 4.79 Å². The highest BCUT2D eigenvalue weighted by molar-refractivity contribution is 5.51. The summed E-state index contributed by atoms with van der Waals surface area (Å²) in [7, 11) is 1.43. The minimum absolute atomic E-state index is 0.201. The van der Waals surface area contributed by atoms with Gasteiger partial charge in [-0.25, -0.2) is 4.98 Å². The maximum atomic E-state index is 11.4. The molecule has 2 N–H and O–H groups in total. The molecule has 2 heterocycles. The van der Waals surface area contributed by atoms with Crippen molar-refractivity contribution < 1.29 is 9.84 Å². The summed E-state index contributed by atoms with van der Waals surface area (Å²) < 4.78 is 4.99. The van der Waals surface area contributed by atoms with Crippen molar-refractivity contribution in [3.8, 4) is 5.75 Å². The second kappa shape index (κ2) is 3.90. The molecule has 0 bridgehead atoms. The van der Waals surface area contributed by atoms with Gasteiger partial charge in [-0.05, 0) is 6.42 Å². The van der Waals surface area contributed by atoms with E-state index in [0.717, 1.165) is 0 Å². The molecule has 1 aromatic heterocycles. The van der Waals surface area contributed by atoms with Crippen molar-refractivity contribution in [2.45, 2.75) is 12.5 Å². The van der Waals surface area contributed by atoms with Crippen molar-refractivity contribution in [3.05, 3.63) is 16.7 Å². The lowest BCUT2D eigenvalue weighted by Crippen LogP contribution is -2.25. The van der Waals surface area contributed by atoms with Crippen molar-refractivity contribution in [2.24, 2.45) is 0 Å². The monoisotopic (exact) mass is 211 g/mol. The molecule has 82 valence electrons. The van der Waals surface area contributed by atoms with Crippen molar-refractivity contribution in [1.82, 2.24) is 9.97 Å². The van der Waals surface area contributed by atoms with E-state index in [1.807, 2.05) is 4.90 Å². The largest absolute Gasteiger partial charge is 0.489 e. The Bertz CT molecular complexity index is 404. The summed E-state index contributed by atoms with van der Waals surface area (Å²) in [5.74, 6) is 0.699. The predicted octanol–water partition coefficient (Wildman–Crippen LogP) is -0.651. The Kier molecular flexibility index (Phi) is 2.59. The number of aliphatic hydroxyl groups is 1. The van der Waals surface area contributed by atoms with Crippen LogP contribution >= 0.6 is 0 Å². The van der Waals surface area contributed by atoms with Gasteiger partial charge in [0.25, 0.3) is 5.56 Å². The Morgan fingerprint density at radius 3 is 3.13 bits per heavy atom. The number of anilines is 1. The Morgan fingerprint density at radius 1 is 1.73 bits per heavy atom. The van der Waals surface area contributed by atoms with Crippen LogP contribution < -0.4 is 15.2 Å². The number of nitrogens with zero attached hydrogens (tertiary/aromatic N) is 2. The molecule has 2 rings (SSSR count). The van der Waals surface area contributed by atoms with E-state index in [4.69, 9.17) is 4.74 Å². The van der Waals surface area contributed by atoms with Gasteiger partial charge in [-0.15, -0.1) is 0 Å². The molecular weight excluding hydrogens is 198 g/mol. The van der Waals surface area contributed by atoms with Gasteiger partial charge in [0.2, 0.25) is 5.75 Å². The zero-order valence-electron chi connectivity index (χ0n) is 8.43. The molecule has 0 radical (unpaired) electrons. The van der Waals surface area contributed by atoms with E-state index >= 15 is 0 Å². The SMILES string of the molecule is COc1c(N2CCC(O)C2)nc[nH]c1=O. The number of hydrogen-bond donors (Lipinski definition) is 2. The number of aromatic nitrogens is 2. The maximum Gasteiger partial charge on any atom is 0.295 e. The van der Waals surface area contributed by atoms with E-state index < -0.39 is 0 Å². The smallest absolute Gasteiger partial charge is 0.295 e. The van der Waals surface area contributed by atoms with Gasteiger partial charge in [-0.2, -0.15) is 0 Å². The molecule has 1 atom stereocenters. The van der Waals surface area contributed by atoms with Gasteiger partial charge < -0.3 is 19.7 Å². The molecule has 15 heavy (non-hydrogen) atoms. The van der Waals surface area contributed by atoms with Crippen molar-refractivity contribution in [1.29, 1.82) is 0 Å². The lowest BCUT2D eigenvalue weighted by molar-refractivity contribution is 0.198. The number of nitrogens with one attached hydrogen (secondary N) is 1. The first-order chi connectivity index (χ1) is 7.22. The number of aromatic amines is 1. The molecule has 1 fully saturated rings. The highest BCUT2D eigenvalue weighted by atomic mass is 16.5. The third-order valence-corrected chi connectivity index (χ3v) is 2.46. The fourth-order valence-electron chi connectivity index (χ4n) is 1.72. The van der Waals surface area contributed by atoms with Crippen LogP contribution in [0.25, 0.3) is 0 Å². The highest BCUT2D eigenvalue weighted by Crippen LogP contribution is 2.24. The molecule has 1 saturated heterocycles. The van der Waals surface area contributed by atoms with Gasteiger partial charge >= 0.3 is 0 Å². The van der Waals surface area contributed by atoms with Crippen LogP contribution in [0.1, 0.15) is 6.42 Å². The summed E-state index contributed by atoms with van der Waals surface area (Å²) in [6.07, 6.45) is 1.68. The Labute approximate surface area is 86.5 Å². The summed E-state index contributed by atoms with van der Waals surface area (Å²) in [6, 6.07) is 0. The number of methoxy groups -OCH3 is 1. The normalized spacial score (nSPS) is 20.7. The van der Waals surface area contributed by atoms with Gasteiger partial charge in [0.1, 0.15) is 0 Å². The van der Waals surface area contributed by atoms with Gasteiger partial charge in [-0.1, -0.05) is 0 Å². The summed E-state index contributed by atoms with van der Waals surface area (Å²) >= 11 is 0. The van der Waals surface area contributed by atoms with Gasteiger partial charge in [0, 0.05) is 13.1 Å². The molecule has 1 aliphatic heterocycles. The maximum absolute atomic E-state index is 11.4. The quantitative estimate of drug-likeness (QED) is 0.679. The van der Waals surface area contributed by atoms with Crippen LogP contribution in [0.15, 0.2) is 11.1 Å². The summed E-state index contributed by atoms with van der Waals surface area (Å²) in [4.78, 5) is 19.8. The zero-order chi connectivity index (χ0) is 10.8. The van der Waals surface area contributed by atoms with Crippen LogP contribution in [0.2, 0.25) is 0 Å². The molecule has 1 aromatic rings. The number of ether oxygens (including phenoxy) is 1. The summed E-state index contributed by atoms with van der Waals surface area (Å²) in [6.45, 7) is 1.18. The van der Waals surface area contributed by atoms with Gasteiger partial charge in [0.15, 0.2) is 5.82 Å². The van der Waals surface area contributed by atoms with Crippen molar-refractivity contribution in [3.63, 3.8) is 0 Å². The minimum Gasteiger partial charge on any atom is -0.489 e. The van der Waals surface area contributed by atoms with Crippen LogP contribution in [0.3, 0.4) is 0 Å². The average molecular weight is 211 g/mol. The molecule has 1 aliphatic rings. The topological polar surface area (TPSA) is 78.5 Å². The van der Waals surface area contributed by atoms with E-state index in [1.165, 1.54) is 13.4 Å². The van der Waals surface area contributed by atoms with E-state index in [0.29, 0.717) is 25.3 Å². The molecule has 1 unspecified atom stereocenters. The molecule has 0 amide bonds. The van der Waals surface area contributed by atoms with Crippen molar-refractivity contribution >= 4 is 5.82 Å². The molecule has 6 heteroatoms. The van der Waals surface area contributed by atoms with E-state index in [1.54, 1.807) is 0 Å². The standard InChI is InChI=1S/C9H13N3O3/c1-15-7-8(10-5-11-9(7)14)12-3-2-6(13)4-12/h5-6,13H,2-4H2,1H3,(H,10,11,14). The summed E-state index contributed by atoms with van der Waals surface area (Å²) in [5, 5.41) is 9.40. The van der Waals surface area contributed by atoms with Gasteiger partial charge in [0.05, 0.1) is 19.5 Å². The second-order valence-corrected chi connectivity index (χ2v) is 3.48. The number of aliphatic hydroxyl groups excluding tert-OH is 1. The van der Waals surface area contributed by atoms with E-state index in [9.17, 15) is 9.90 Å². The van der Waals surface area contributed by atoms with E-state index in [2.05, 4.69) is 9.97 Å². The Balaban J connectivity index is 2.35. The molecule has 0 saturated carbocycles. The zero-order valence-corrected chi connectivity index (χ0v) is 8.43. The second-order valence-electron chi connectivity index (χ2n) is 3.48. The molecular formula is C9H13N3O3. The average Bonchev–Trinajstić information content (AvgIpc) is 2.64. The van der Waals surface area contributed by atoms with Crippen LogP contribution in [-0.4, -0.2) is 41.4 Å². The van der Waals surface area contributed by atoms with Crippen LogP contribution in [-0.2, 0) is 0 Å². The lowest BCUT2D eigenvalue weighted by atomic mass is 10.3. The minimum atomic E-state index is -0.351. The first kappa shape index (κ1) is 9.97. The molecule has 0 aromatic carbocycles. The Morgan fingerprint density at radius 2 is 2.53 bits per heavy atom. The number of hydrogen-bond acceptors (Lipinski definition) is 5. The highest BCUT2D eigenvalue weighted by Gasteiger charge is 2.24. The number of β-amino-alcohol motifs (C(OH)–C–C–N with tert-alkyl or cyclic N) is 1. The molecule has 6 nitrogen and oxygen atoms in total. The fraction of sp³-hybridized carbons (Fsp3) is 0.556.